The second-order valence-corrected chi connectivity index (χ2v) is 32.1. The number of nitro groups is 3. The number of nitrogens with zero attached hydrogens (tertiary/aromatic N) is 4. The van der Waals surface area contributed by atoms with Gasteiger partial charge in [-0.1, -0.05) is 107 Å². The molecular weight excluding hydrogens is 1320 g/mol. The molecule has 2 amide bonds. The molecule has 26 nitrogen and oxygen atoms in total. The predicted molar refractivity (Wildman–Crippen MR) is 403 cm³/mol. The van der Waals surface area contributed by atoms with Gasteiger partial charge in [-0.05, 0) is 194 Å². The molecule has 3 radical (unpaired) electrons. The topological polar surface area (TPSA) is 371 Å². The van der Waals surface area contributed by atoms with E-state index in [0.29, 0.717) is 29.9 Å². The highest BCUT2D eigenvalue weighted by Gasteiger charge is 2.27. The van der Waals surface area contributed by atoms with Crippen LogP contribution in [0, 0.1) is 41.7 Å². The van der Waals surface area contributed by atoms with Crippen LogP contribution in [0.15, 0.2) is 72.8 Å². The van der Waals surface area contributed by atoms with Gasteiger partial charge in [-0.25, -0.2) is 19.2 Å². The van der Waals surface area contributed by atoms with Gasteiger partial charge in [-0.15, -0.1) is 0 Å². The molecule has 3 heterocycles. The second kappa shape index (κ2) is 44.3. The summed E-state index contributed by atoms with van der Waals surface area (Å²) >= 11 is 0. The van der Waals surface area contributed by atoms with Crippen molar-refractivity contribution in [2.75, 3.05) is 45.4 Å². The number of nitrogens with one attached hydrogen (secondary N) is 2. The van der Waals surface area contributed by atoms with Crippen molar-refractivity contribution in [1.29, 1.82) is 5.26 Å². The maximum Gasteiger partial charge on any atom is 0.519 e. The average Bonchev–Trinajstić information content (AvgIpc) is 1.37. The van der Waals surface area contributed by atoms with Crippen LogP contribution in [0.25, 0.3) is 0 Å². The third-order valence-electron chi connectivity index (χ3n) is 13.6. The maximum atomic E-state index is 11.7. The van der Waals surface area contributed by atoms with Gasteiger partial charge in [0.15, 0.2) is 0 Å². The molecule has 575 valence electrons. The number of amides is 2. The third-order valence-corrected chi connectivity index (χ3v) is 13.6. The Hall–Kier alpha value is -8.45. The smallest absolute Gasteiger partial charge is 0.444 e. The lowest BCUT2D eigenvalue weighted by atomic mass is 9.83. The molecule has 103 heavy (non-hydrogen) atoms. The summed E-state index contributed by atoms with van der Waals surface area (Å²) in [6, 6.07) is 21.8. The highest BCUT2D eigenvalue weighted by atomic mass is 16.8. The monoisotopic (exact) mass is 1440 g/mol. The molecule has 6 N–H and O–H groups in total. The first-order valence-electron chi connectivity index (χ1n) is 34.2. The van der Waals surface area contributed by atoms with E-state index in [-0.39, 0.29) is 53.7 Å². The number of hydrogen-bond donors (Lipinski definition) is 4. The molecule has 0 aromatic heterocycles. The summed E-state index contributed by atoms with van der Waals surface area (Å²) in [5, 5.41) is 46.4. The number of nitriles is 1. The van der Waals surface area contributed by atoms with E-state index in [9.17, 15) is 49.5 Å². The molecule has 0 spiro atoms. The summed E-state index contributed by atoms with van der Waals surface area (Å²) in [5.41, 5.74) is 16.3. The SMILES string of the molecule is C1CCOC1.C1CCOC1.C1CCOC1.CC(C)(C)OC(=O)NCc1cc(N)ccc1C(C)(C)C.CC(C)(C)OC(=O)NCc1cc([N+](=O)[O-])ccc1C(C)(C)C.CC(C)(C)OC(=O)OC(=O)OC(C)(C)C.CC(C)(C)c1ccc([N+](=O)[O-])cc1C#N.CC(C)(C)c1ccc([N+](=O)[O-])cc1CN.[B]. The molecule has 0 atom stereocenters. The van der Waals surface area contributed by atoms with E-state index in [0.717, 1.165) is 67.5 Å². The molecule has 0 bridgehead atoms. The van der Waals surface area contributed by atoms with E-state index in [2.05, 4.69) is 56.9 Å². The summed E-state index contributed by atoms with van der Waals surface area (Å²) in [6.07, 6.45) is 4.59. The molecule has 27 heteroatoms. The molecule has 3 fully saturated rings. The minimum atomic E-state index is -1.06. The second-order valence-electron chi connectivity index (χ2n) is 32.1. The fraction of sp³-hybridized carbons (Fsp3) is 0.618. The van der Waals surface area contributed by atoms with E-state index in [1.165, 1.54) is 74.4 Å². The Bertz CT molecular complexity index is 3270. The Balaban J connectivity index is 0. The van der Waals surface area contributed by atoms with Crippen molar-refractivity contribution in [1.82, 2.24) is 10.6 Å². The Morgan fingerprint density at radius 3 is 0.971 bits per heavy atom. The van der Waals surface area contributed by atoms with Crippen molar-refractivity contribution in [3.05, 3.63) is 148 Å². The number of rotatable bonds is 8. The largest absolute Gasteiger partial charge is 0.519 e. The standard InChI is InChI=1S/C16H24N2O4.C16H26N2O2.C11H16N2O2.C11H12N2O2.C10H18O5.3C4H8O.B/c1-15(2,3)13-8-7-12(18(20)21)9-11(13)10-17-14(19)22-16(4,5)6;1-15(2,3)13-8-7-12(17)9-11(13)10-18-14(19)20-16(4,5)6;2*1-11(2,3)10-5-4-9(13(14)15)6-8(10)7-12;1-9(2,3)14-7(11)13-8(12)15-10(4,5)6;3*1-2-4-5-3-1;/h7-9H,10H2,1-6H3,(H,17,19);7-9H,10,17H2,1-6H3,(H,18,19);4-6H,7,12H2,1-3H3;4-6H,1-3H3;1-6H3;3*1-4H2;. The van der Waals surface area contributed by atoms with Crippen LogP contribution in [0.3, 0.4) is 0 Å². The zero-order valence-electron chi connectivity index (χ0n) is 65.9. The molecule has 3 saturated heterocycles. The van der Waals surface area contributed by atoms with Gasteiger partial charge in [0.2, 0.25) is 0 Å². The number of anilines is 1. The summed E-state index contributed by atoms with van der Waals surface area (Å²) < 4.78 is 39.0. The maximum absolute atomic E-state index is 11.7. The quantitative estimate of drug-likeness (QED) is 0.0242. The minimum Gasteiger partial charge on any atom is -0.444 e. The Morgan fingerprint density at radius 2 is 0.709 bits per heavy atom. The van der Waals surface area contributed by atoms with E-state index in [1.54, 1.807) is 86.6 Å². The molecule has 4 aromatic rings. The number of hydrogen-bond acceptors (Lipinski definition) is 21. The van der Waals surface area contributed by atoms with Gasteiger partial charge in [0.25, 0.3) is 17.1 Å². The number of alkyl carbamates (subject to hydrolysis) is 2. The molecular formula is C76H120BN8O18. The van der Waals surface area contributed by atoms with Gasteiger partial charge in [0, 0.05) is 110 Å². The van der Waals surface area contributed by atoms with Crippen LogP contribution in [0.4, 0.5) is 41.9 Å². The predicted octanol–water partition coefficient (Wildman–Crippen LogP) is 17.5. The van der Waals surface area contributed by atoms with Crippen LogP contribution in [0.1, 0.15) is 249 Å². The normalized spacial score (nSPS) is 13.4. The summed E-state index contributed by atoms with van der Waals surface area (Å²) in [7, 11) is 0. The van der Waals surface area contributed by atoms with Crippen LogP contribution in [-0.2, 0) is 79.2 Å². The number of benzene rings is 4. The summed E-state index contributed by atoms with van der Waals surface area (Å²) in [6.45, 7) is 52.3. The molecule has 3 aliphatic heterocycles. The minimum absolute atomic E-state index is 0. The number of nitrogen functional groups attached to an aromatic ring is 1. The average molecular weight is 1440 g/mol. The van der Waals surface area contributed by atoms with Crippen LogP contribution < -0.4 is 22.1 Å². The summed E-state index contributed by atoms with van der Waals surface area (Å²) in [4.78, 5) is 76.2. The van der Waals surface area contributed by atoms with Crippen LogP contribution in [-0.4, -0.2) is 110 Å². The van der Waals surface area contributed by atoms with Gasteiger partial charge < -0.3 is 60.0 Å². The molecule has 7 rings (SSSR count). The first kappa shape index (κ1) is 96.6. The third kappa shape index (κ3) is 44.6. The highest BCUT2D eigenvalue weighted by molar-refractivity contribution is 5.77. The number of ether oxygens (including phenoxy) is 8. The number of non-ortho nitro benzene ring substituents is 3. The van der Waals surface area contributed by atoms with E-state index in [1.807, 2.05) is 86.6 Å². The molecule has 3 aliphatic rings. The van der Waals surface area contributed by atoms with Crippen molar-refractivity contribution in [2.45, 2.75) is 268 Å². The lowest BCUT2D eigenvalue weighted by molar-refractivity contribution is -0.385. The van der Waals surface area contributed by atoms with Crippen molar-refractivity contribution in [2.24, 2.45) is 5.73 Å². The van der Waals surface area contributed by atoms with E-state index < -0.39 is 61.7 Å². The lowest BCUT2D eigenvalue weighted by Crippen LogP contribution is -2.32. The number of carbonyl (C=O) groups is 4. The first-order valence-corrected chi connectivity index (χ1v) is 34.2. The van der Waals surface area contributed by atoms with Crippen molar-refractivity contribution < 1.29 is 71.8 Å². The Kier molecular flexibility index (Phi) is 41.5. The van der Waals surface area contributed by atoms with Crippen LogP contribution in [0.5, 0.6) is 0 Å². The lowest BCUT2D eigenvalue weighted by Gasteiger charge is -2.24. The fourth-order valence-corrected chi connectivity index (χ4v) is 9.15. The van der Waals surface area contributed by atoms with Crippen molar-refractivity contribution >= 4 is 55.7 Å². The molecule has 4 aromatic carbocycles. The Morgan fingerprint density at radius 1 is 0.437 bits per heavy atom. The van der Waals surface area contributed by atoms with Crippen LogP contribution in [0.2, 0.25) is 0 Å². The van der Waals surface area contributed by atoms with E-state index >= 15 is 0 Å². The first-order chi connectivity index (χ1) is 46.6. The fourth-order valence-electron chi connectivity index (χ4n) is 9.15. The van der Waals surface area contributed by atoms with Gasteiger partial charge >= 0.3 is 24.5 Å². The van der Waals surface area contributed by atoms with Crippen molar-refractivity contribution in [3.8, 4) is 6.07 Å². The van der Waals surface area contributed by atoms with Crippen molar-refractivity contribution in [3.63, 3.8) is 0 Å². The van der Waals surface area contributed by atoms with Gasteiger partial charge in [-0.2, -0.15) is 5.26 Å². The molecule has 0 aliphatic carbocycles. The summed E-state index contributed by atoms with van der Waals surface area (Å²) in [5.74, 6) is 0. The number of carbonyl (C=O) groups excluding carboxylic acids is 4. The van der Waals surface area contributed by atoms with Gasteiger partial charge in [0.05, 0.1) is 26.4 Å². The zero-order chi connectivity index (χ0) is 78.8. The highest BCUT2D eigenvalue weighted by Crippen LogP contribution is 2.32. The van der Waals surface area contributed by atoms with Crippen LogP contribution >= 0.6 is 0 Å². The number of nitrogens with two attached hydrogens (primary N) is 2. The number of nitro benzene ring substituents is 3. The van der Waals surface area contributed by atoms with Gasteiger partial charge in [0.1, 0.15) is 22.4 Å². The van der Waals surface area contributed by atoms with Gasteiger partial charge in [-0.3, -0.25) is 30.3 Å². The molecule has 0 unspecified atom stereocenters. The zero-order valence-corrected chi connectivity index (χ0v) is 65.9. The van der Waals surface area contributed by atoms with E-state index in [4.69, 9.17) is 49.9 Å². The Labute approximate surface area is 614 Å². The molecule has 0 saturated carbocycles.